The summed E-state index contributed by atoms with van der Waals surface area (Å²) >= 11 is 6.09. The molecule has 6 heteroatoms. The van der Waals surface area contributed by atoms with Crippen LogP contribution in [0.2, 0.25) is 5.02 Å². The molecular weight excluding hydrogens is 312 g/mol. The zero-order valence-electron chi connectivity index (χ0n) is 13.4. The summed E-state index contributed by atoms with van der Waals surface area (Å²) < 4.78 is 1.83. The van der Waals surface area contributed by atoms with Crippen molar-refractivity contribution >= 4 is 17.5 Å². The maximum absolute atomic E-state index is 12.9. The molecular formula is C17H21ClN4O. The van der Waals surface area contributed by atoms with Crippen LogP contribution in [0.5, 0.6) is 0 Å². The molecule has 0 aliphatic carbocycles. The quantitative estimate of drug-likeness (QED) is 0.940. The highest BCUT2D eigenvalue weighted by atomic mass is 35.5. The lowest BCUT2D eigenvalue weighted by atomic mass is 10.0. The van der Waals surface area contributed by atoms with Crippen molar-refractivity contribution in [2.45, 2.75) is 19.8 Å². The van der Waals surface area contributed by atoms with E-state index in [0.29, 0.717) is 10.6 Å². The fraction of sp³-hybridized carbons (Fsp3) is 0.412. The lowest BCUT2D eigenvalue weighted by Crippen LogP contribution is -2.46. The second-order valence-corrected chi connectivity index (χ2v) is 6.47. The minimum Gasteiger partial charge on any atom is -0.336 e. The van der Waals surface area contributed by atoms with Crippen molar-refractivity contribution in [1.29, 1.82) is 0 Å². The number of benzene rings is 1. The van der Waals surface area contributed by atoms with Gasteiger partial charge in [-0.25, -0.2) is 4.68 Å². The zero-order chi connectivity index (χ0) is 16.4. The Labute approximate surface area is 141 Å². The number of nitrogens with one attached hydrogen (secondary N) is 1. The van der Waals surface area contributed by atoms with E-state index in [-0.39, 0.29) is 11.8 Å². The Balaban J connectivity index is 2.00. The molecule has 1 aromatic heterocycles. The first-order chi connectivity index (χ1) is 11.1. The summed E-state index contributed by atoms with van der Waals surface area (Å²) in [5, 5.41) is 8.38. The van der Waals surface area contributed by atoms with Crippen LogP contribution in [0.25, 0.3) is 5.69 Å². The van der Waals surface area contributed by atoms with Gasteiger partial charge in [-0.3, -0.25) is 4.79 Å². The molecule has 1 aromatic carbocycles. The summed E-state index contributed by atoms with van der Waals surface area (Å²) in [7, 11) is 0. The van der Waals surface area contributed by atoms with Crippen LogP contribution < -0.4 is 5.32 Å². The molecule has 23 heavy (non-hydrogen) atoms. The minimum atomic E-state index is 0.0588. The van der Waals surface area contributed by atoms with Gasteiger partial charge in [0.25, 0.3) is 5.91 Å². The molecule has 0 radical (unpaired) electrons. The monoisotopic (exact) mass is 332 g/mol. The van der Waals surface area contributed by atoms with Crippen molar-refractivity contribution in [2.75, 3.05) is 26.2 Å². The molecule has 2 aromatic rings. The van der Waals surface area contributed by atoms with E-state index in [2.05, 4.69) is 24.3 Å². The molecule has 5 nitrogen and oxygen atoms in total. The summed E-state index contributed by atoms with van der Waals surface area (Å²) in [6.45, 7) is 7.30. The number of amides is 1. The van der Waals surface area contributed by atoms with Crippen LogP contribution in [0.4, 0.5) is 0 Å². The first-order valence-electron chi connectivity index (χ1n) is 7.92. The summed E-state index contributed by atoms with van der Waals surface area (Å²) in [5.41, 5.74) is 2.48. The van der Waals surface area contributed by atoms with Gasteiger partial charge < -0.3 is 10.2 Å². The standard InChI is InChI=1S/C17H21ClN4O/c1-12(2)16-15(17(23)21-8-6-19-7-9-21)11-20-22(16)14-5-3-4-13(18)10-14/h3-5,10-12,19H,6-9H2,1-2H3. The molecule has 0 atom stereocenters. The van der Waals surface area contributed by atoms with Crippen molar-refractivity contribution < 1.29 is 4.79 Å². The third kappa shape index (κ3) is 3.26. The second-order valence-electron chi connectivity index (χ2n) is 6.03. The number of piperazine rings is 1. The number of carbonyl (C=O) groups excluding carboxylic acids is 1. The predicted octanol–water partition coefficient (Wildman–Crippen LogP) is 2.69. The van der Waals surface area contributed by atoms with E-state index in [4.69, 9.17) is 11.6 Å². The van der Waals surface area contributed by atoms with Crippen LogP contribution in [0.1, 0.15) is 35.8 Å². The summed E-state index contributed by atoms with van der Waals surface area (Å²) in [5.74, 6) is 0.238. The molecule has 0 saturated carbocycles. The number of aromatic nitrogens is 2. The normalized spacial score (nSPS) is 15.2. The van der Waals surface area contributed by atoms with Gasteiger partial charge in [-0.2, -0.15) is 5.10 Å². The van der Waals surface area contributed by atoms with Gasteiger partial charge in [-0.1, -0.05) is 31.5 Å². The number of carbonyl (C=O) groups is 1. The van der Waals surface area contributed by atoms with Gasteiger partial charge in [0, 0.05) is 31.2 Å². The van der Waals surface area contributed by atoms with E-state index >= 15 is 0 Å². The minimum absolute atomic E-state index is 0.0588. The summed E-state index contributed by atoms with van der Waals surface area (Å²) in [4.78, 5) is 14.7. The average Bonchev–Trinajstić information content (AvgIpc) is 3.00. The Bertz CT molecular complexity index is 704. The van der Waals surface area contributed by atoms with Crippen molar-refractivity contribution in [3.63, 3.8) is 0 Å². The number of nitrogens with zero attached hydrogens (tertiary/aromatic N) is 3. The molecule has 1 N–H and O–H groups in total. The van der Waals surface area contributed by atoms with Crippen LogP contribution in [0.15, 0.2) is 30.5 Å². The van der Waals surface area contributed by atoms with Gasteiger partial charge >= 0.3 is 0 Å². The van der Waals surface area contributed by atoms with Crippen molar-refractivity contribution in [3.05, 3.63) is 46.7 Å². The molecule has 1 aliphatic rings. The molecule has 0 unspecified atom stereocenters. The fourth-order valence-electron chi connectivity index (χ4n) is 2.93. The fourth-order valence-corrected chi connectivity index (χ4v) is 3.11. The zero-order valence-corrected chi connectivity index (χ0v) is 14.2. The second kappa shape index (κ2) is 6.72. The van der Waals surface area contributed by atoms with Crippen LogP contribution in [0, 0.1) is 0 Å². The van der Waals surface area contributed by atoms with E-state index in [0.717, 1.165) is 37.6 Å². The molecule has 1 aliphatic heterocycles. The predicted molar refractivity (Wildman–Crippen MR) is 91.4 cm³/mol. The van der Waals surface area contributed by atoms with E-state index in [1.54, 1.807) is 6.20 Å². The molecule has 1 saturated heterocycles. The van der Waals surface area contributed by atoms with Gasteiger partial charge in [0.15, 0.2) is 0 Å². The molecule has 122 valence electrons. The lowest BCUT2D eigenvalue weighted by Gasteiger charge is -2.27. The van der Waals surface area contributed by atoms with E-state index in [9.17, 15) is 4.79 Å². The molecule has 0 bridgehead atoms. The third-order valence-corrected chi connectivity index (χ3v) is 4.28. The number of halogens is 1. The molecule has 1 amide bonds. The molecule has 2 heterocycles. The van der Waals surface area contributed by atoms with Crippen LogP contribution in [0.3, 0.4) is 0 Å². The Morgan fingerprint density at radius 3 is 2.70 bits per heavy atom. The van der Waals surface area contributed by atoms with Gasteiger partial charge in [0.05, 0.1) is 23.1 Å². The number of hydrogen-bond donors (Lipinski definition) is 1. The Hall–Kier alpha value is -1.85. The molecule has 0 spiro atoms. The topological polar surface area (TPSA) is 50.2 Å². The van der Waals surface area contributed by atoms with E-state index in [1.807, 2.05) is 33.8 Å². The summed E-state index contributed by atoms with van der Waals surface area (Å²) in [6, 6.07) is 7.53. The SMILES string of the molecule is CC(C)c1c(C(=O)N2CCNCC2)cnn1-c1cccc(Cl)c1. The van der Waals surface area contributed by atoms with Crippen LogP contribution in [-0.2, 0) is 0 Å². The van der Waals surface area contributed by atoms with Crippen molar-refractivity contribution in [3.8, 4) is 5.69 Å². The van der Waals surface area contributed by atoms with Gasteiger partial charge in [-0.05, 0) is 24.1 Å². The molecule has 3 rings (SSSR count). The van der Waals surface area contributed by atoms with Gasteiger partial charge in [0.1, 0.15) is 0 Å². The van der Waals surface area contributed by atoms with Gasteiger partial charge in [-0.15, -0.1) is 0 Å². The lowest BCUT2D eigenvalue weighted by molar-refractivity contribution is 0.0734. The smallest absolute Gasteiger partial charge is 0.257 e. The molecule has 1 fully saturated rings. The van der Waals surface area contributed by atoms with Gasteiger partial charge in [0.2, 0.25) is 0 Å². The highest BCUT2D eigenvalue weighted by Gasteiger charge is 2.25. The highest BCUT2D eigenvalue weighted by Crippen LogP contribution is 2.25. The van der Waals surface area contributed by atoms with E-state index < -0.39 is 0 Å². The number of hydrogen-bond acceptors (Lipinski definition) is 3. The number of rotatable bonds is 3. The maximum Gasteiger partial charge on any atom is 0.257 e. The Morgan fingerprint density at radius 2 is 2.04 bits per heavy atom. The van der Waals surface area contributed by atoms with Crippen LogP contribution >= 0.6 is 11.6 Å². The van der Waals surface area contributed by atoms with Crippen LogP contribution in [-0.4, -0.2) is 46.8 Å². The first kappa shape index (κ1) is 16.0. The maximum atomic E-state index is 12.9. The van der Waals surface area contributed by atoms with E-state index in [1.165, 1.54) is 0 Å². The first-order valence-corrected chi connectivity index (χ1v) is 8.29. The third-order valence-electron chi connectivity index (χ3n) is 4.04. The van der Waals surface area contributed by atoms with Crippen molar-refractivity contribution in [1.82, 2.24) is 20.0 Å². The average molecular weight is 333 g/mol. The highest BCUT2D eigenvalue weighted by molar-refractivity contribution is 6.30. The van der Waals surface area contributed by atoms with Crippen molar-refractivity contribution in [2.24, 2.45) is 0 Å². The Kier molecular flexibility index (Phi) is 4.68. The largest absolute Gasteiger partial charge is 0.336 e. The Morgan fingerprint density at radius 1 is 1.30 bits per heavy atom. The summed E-state index contributed by atoms with van der Waals surface area (Å²) in [6.07, 6.45) is 1.68.